The van der Waals surface area contributed by atoms with Crippen molar-refractivity contribution < 1.29 is 0 Å². The van der Waals surface area contributed by atoms with Crippen LogP contribution in [0.5, 0.6) is 0 Å². The Hall–Kier alpha value is -2.59. The summed E-state index contributed by atoms with van der Waals surface area (Å²) in [6.45, 7) is 0. The van der Waals surface area contributed by atoms with Crippen LogP contribution in [0.2, 0.25) is 5.28 Å². The van der Waals surface area contributed by atoms with Crippen LogP contribution in [0.4, 0.5) is 0 Å². The fourth-order valence-corrected chi connectivity index (χ4v) is 6.50. The van der Waals surface area contributed by atoms with E-state index in [4.69, 9.17) is 0 Å². The molecule has 0 radical (unpaired) electrons. The Morgan fingerprint density at radius 3 is 1.48 bits per heavy atom. The molecule has 0 aromatic heterocycles. The summed E-state index contributed by atoms with van der Waals surface area (Å²) in [5.41, 5.74) is 15.0. The Morgan fingerprint density at radius 2 is 1.00 bits per heavy atom. The summed E-state index contributed by atoms with van der Waals surface area (Å²) in [6, 6.07) is 31.9. The standard InChI is InChI=1S/C28H21.Al.2H/c1-18(21-12-6-14-25-23-10-4-2-8-19(23)16-27(21)25)22-13-7-15-26-24-11-5-3-9-20(24)17-28(22)26;;;/h2-15,18H,1,16-17H2;;;. The lowest BCUT2D eigenvalue weighted by molar-refractivity contribution is 0.886. The summed E-state index contributed by atoms with van der Waals surface area (Å²) in [4.78, 5) is 0. The van der Waals surface area contributed by atoms with Gasteiger partial charge in [0, 0.05) is 0 Å². The van der Waals surface area contributed by atoms with Crippen LogP contribution in [0, 0.1) is 0 Å². The van der Waals surface area contributed by atoms with Crippen molar-refractivity contribution in [2.45, 2.75) is 24.0 Å². The van der Waals surface area contributed by atoms with Crippen LogP contribution in [-0.2, 0) is 12.8 Å². The second kappa shape index (κ2) is 6.74. The van der Waals surface area contributed by atoms with Crippen molar-refractivity contribution in [1.82, 2.24) is 0 Å². The van der Waals surface area contributed by atoms with Crippen LogP contribution in [0.15, 0.2) is 84.9 Å². The molecule has 0 heterocycles. The van der Waals surface area contributed by atoms with E-state index in [1.807, 2.05) is 0 Å². The molecule has 0 saturated heterocycles. The van der Waals surface area contributed by atoms with Crippen LogP contribution in [-0.4, -0.2) is 16.3 Å². The van der Waals surface area contributed by atoms with E-state index in [0.717, 1.165) is 12.8 Å². The first-order valence-electron chi connectivity index (χ1n) is 10.7. The van der Waals surface area contributed by atoms with Crippen molar-refractivity contribution in [2.24, 2.45) is 0 Å². The molecule has 0 atom stereocenters. The van der Waals surface area contributed by atoms with Crippen molar-refractivity contribution in [3.8, 4) is 22.3 Å². The van der Waals surface area contributed by atoms with Gasteiger partial charge in [-0.25, -0.2) is 0 Å². The number of hydrogen-bond donors (Lipinski definition) is 0. The van der Waals surface area contributed by atoms with Crippen LogP contribution in [0.25, 0.3) is 22.3 Å². The third-order valence-electron chi connectivity index (χ3n) is 6.93. The Bertz CT molecular complexity index is 1150. The zero-order valence-corrected chi connectivity index (χ0v) is 18.8. The first-order valence-corrected chi connectivity index (χ1v) is 12.2. The molecule has 0 amide bonds. The lowest BCUT2D eigenvalue weighted by atomic mass is 9.84. The van der Waals surface area contributed by atoms with E-state index in [1.54, 1.807) is 22.3 Å². The van der Waals surface area contributed by atoms with Gasteiger partial charge in [-0.1, -0.05) is 90.2 Å². The smallest absolute Gasteiger partial charge is 0.0907 e. The van der Waals surface area contributed by atoms with Crippen LogP contribution < -0.4 is 0 Å². The molecule has 0 bridgehead atoms. The van der Waals surface area contributed by atoms with Gasteiger partial charge in [-0.05, 0) is 74.4 Å². The predicted octanol–water partition coefficient (Wildman–Crippen LogP) is 6.01. The quantitative estimate of drug-likeness (QED) is 0.327. The molecule has 4 aromatic carbocycles. The molecule has 29 heavy (non-hydrogen) atoms. The largest absolute Gasteiger partial charge is 0.213 e. The molecule has 0 saturated carbocycles. The van der Waals surface area contributed by atoms with Crippen LogP contribution in [0.3, 0.4) is 0 Å². The maximum absolute atomic E-state index is 2.40. The molecule has 0 unspecified atom stereocenters. The molecule has 0 nitrogen and oxygen atoms in total. The third kappa shape index (κ3) is 2.58. The monoisotopic (exact) mass is 386 g/mol. The highest BCUT2D eigenvalue weighted by Crippen LogP contribution is 2.46. The highest BCUT2D eigenvalue weighted by molar-refractivity contribution is 6.09. The van der Waals surface area contributed by atoms with Gasteiger partial charge in [-0.2, -0.15) is 0 Å². The molecule has 4 aromatic rings. The summed E-state index contributed by atoms with van der Waals surface area (Å²) in [6.07, 6.45) is 2.16. The van der Waals surface area contributed by atoms with Gasteiger partial charge < -0.3 is 0 Å². The average molecular weight is 386 g/mol. The fourth-order valence-electron chi connectivity index (χ4n) is 5.62. The molecule has 1 heteroatoms. The Kier molecular flexibility index (Phi) is 4.02. The van der Waals surface area contributed by atoms with Gasteiger partial charge in [0.1, 0.15) is 0 Å². The van der Waals surface area contributed by atoms with Gasteiger partial charge in [0.15, 0.2) is 0 Å². The van der Waals surface area contributed by atoms with Crippen molar-refractivity contribution in [1.29, 1.82) is 0 Å². The molecule has 0 N–H and O–H groups in total. The summed E-state index contributed by atoms with van der Waals surface area (Å²) >= 11 is 1.20. The molecule has 138 valence electrons. The summed E-state index contributed by atoms with van der Waals surface area (Å²) < 4.78 is 0. The maximum atomic E-state index is 2.40. The number of rotatable bonds is 3. The molecule has 2 aliphatic carbocycles. The highest BCUT2D eigenvalue weighted by Gasteiger charge is 2.28. The third-order valence-corrected chi connectivity index (χ3v) is 7.75. The minimum Gasteiger partial charge on any atom is -0.0907 e. The van der Waals surface area contributed by atoms with Crippen molar-refractivity contribution in [2.75, 3.05) is 0 Å². The van der Waals surface area contributed by atoms with E-state index in [9.17, 15) is 0 Å². The second-order valence-electron chi connectivity index (χ2n) is 8.38. The lowest BCUT2D eigenvalue weighted by Gasteiger charge is -2.23. The van der Waals surface area contributed by atoms with E-state index in [0.29, 0.717) is 5.92 Å². The molecule has 6 rings (SSSR count). The Morgan fingerprint density at radius 1 is 0.552 bits per heavy atom. The van der Waals surface area contributed by atoms with E-state index in [-0.39, 0.29) is 0 Å². The van der Waals surface area contributed by atoms with E-state index < -0.39 is 0 Å². The van der Waals surface area contributed by atoms with Gasteiger partial charge in [0.05, 0.1) is 0 Å². The summed E-state index contributed by atoms with van der Waals surface area (Å²) in [5.74, 6) is 0.509. The van der Waals surface area contributed by atoms with E-state index in [2.05, 4.69) is 84.9 Å². The average Bonchev–Trinajstić information content (AvgIpc) is 3.34. The SMILES string of the molecule is [AlH2][CH2]C(c1cccc2c1Cc1ccccc1-2)c1cccc2c1Cc1ccccc1-2. The molecule has 2 aliphatic rings. The molecule has 0 aliphatic heterocycles. The normalized spacial score (nSPS) is 13.1. The minimum atomic E-state index is 0.509. The zero-order valence-electron chi connectivity index (χ0n) is 16.8. The molecule has 0 fully saturated rings. The van der Waals surface area contributed by atoms with Crippen LogP contribution in [0.1, 0.15) is 39.3 Å². The fraction of sp³-hybridized carbons (Fsp3) is 0.143. The summed E-state index contributed by atoms with van der Waals surface area (Å²) in [5, 5.41) is 1.26. The van der Waals surface area contributed by atoms with E-state index in [1.165, 1.54) is 55.0 Å². The van der Waals surface area contributed by atoms with Crippen molar-refractivity contribution in [3.63, 3.8) is 0 Å². The highest BCUT2D eigenvalue weighted by atomic mass is 27.0. The minimum absolute atomic E-state index is 0.509. The van der Waals surface area contributed by atoms with E-state index >= 15 is 0 Å². The van der Waals surface area contributed by atoms with Gasteiger partial charge >= 0.3 is 0 Å². The first-order chi connectivity index (χ1) is 14.3. The topological polar surface area (TPSA) is 0 Å². The zero-order chi connectivity index (χ0) is 19.4. The van der Waals surface area contributed by atoms with Gasteiger partial charge in [-0.3, -0.25) is 0 Å². The molecule has 0 spiro atoms. The van der Waals surface area contributed by atoms with Gasteiger partial charge in [-0.15, -0.1) is 0 Å². The maximum Gasteiger partial charge on any atom is 0.213 e. The lowest BCUT2D eigenvalue weighted by Crippen LogP contribution is -2.07. The van der Waals surface area contributed by atoms with Crippen molar-refractivity contribution >= 4 is 16.3 Å². The van der Waals surface area contributed by atoms with Crippen LogP contribution >= 0.6 is 0 Å². The van der Waals surface area contributed by atoms with Gasteiger partial charge in [0.2, 0.25) is 16.3 Å². The predicted molar refractivity (Wildman–Crippen MR) is 125 cm³/mol. The second-order valence-corrected chi connectivity index (χ2v) is 9.19. The number of fused-ring (bicyclic) bond motifs is 6. The molecular formula is C28H23Al. The number of benzene rings is 4. The number of hydrogen-bond acceptors (Lipinski definition) is 0. The molecular weight excluding hydrogens is 363 g/mol. The van der Waals surface area contributed by atoms with Gasteiger partial charge in [0.25, 0.3) is 0 Å². The summed E-state index contributed by atoms with van der Waals surface area (Å²) in [7, 11) is 0. The first kappa shape index (κ1) is 17.3. The Labute approximate surface area is 180 Å². The van der Waals surface area contributed by atoms with Crippen molar-refractivity contribution in [3.05, 3.63) is 118 Å². The Balaban J connectivity index is 1.50.